The fourth-order valence-electron chi connectivity index (χ4n) is 3.54. The SMILES string of the molecule is CC1Cc2cc(C(=O)NC3CCN(c4cnccn4)CC3)ccc2O1. The van der Waals surface area contributed by atoms with Gasteiger partial charge in [-0.25, -0.2) is 4.98 Å². The van der Waals surface area contributed by atoms with Gasteiger partial charge in [-0.05, 0) is 43.5 Å². The first kappa shape index (κ1) is 15.9. The monoisotopic (exact) mass is 338 g/mol. The number of benzene rings is 1. The van der Waals surface area contributed by atoms with E-state index in [1.54, 1.807) is 18.6 Å². The van der Waals surface area contributed by atoms with E-state index in [4.69, 9.17) is 4.74 Å². The van der Waals surface area contributed by atoms with E-state index in [-0.39, 0.29) is 18.1 Å². The van der Waals surface area contributed by atoms with Crippen molar-refractivity contribution in [2.24, 2.45) is 0 Å². The lowest BCUT2D eigenvalue weighted by atomic mass is 10.0. The Balaban J connectivity index is 1.34. The van der Waals surface area contributed by atoms with Gasteiger partial charge in [-0.2, -0.15) is 0 Å². The van der Waals surface area contributed by atoms with Crippen LogP contribution in [0.3, 0.4) is 0 Å². The van der Waals surface area contributed by atoms with Crippen LogP contribution in [0.15, 0.2) is 36.8 Å². The first-order valence-corrected chi connectivity index (χ1v) is 8.80. The lowest BCUT2D eigenvalue weighted by Gasteiger charge is -2.32. The van der Waals surface area contributed by atoms with Crippen LogP contribution in [0.5, 0.6) is 5.75 Å². The van der Waals surface area contributed by atoms with Gasteiger partial charge in [-0.3, -0.25) is 9.78 Å². The number of carbonyl (C=O) groups excluding carboxylic acids is 1. The topological polar surface area (TPSA) is 67.4 Å². The minimum absolute atomic E-state index is 0.000283. The summed E-state index contributed by atoms with van der Waals surface area (Å²) in [6.07, 6.45) is 8.06. The smallest absolute Gasteiger partial charge is 0.251 e. The fraction of sp³-hybridized carbons (Fsp3) is 0.421. The third kappa shape index (κ3) is 3.43. The standard InChI is InChI=1S/C19H22N4O2/c1-13-10-15-11-14(2-3-17(15)25-13)19(24)22-16-4-8-23(9-5-16)18-12-20-6-7-21-18/h2-3,6-7,11-13,16H,4-5,8-10H2,1H3,(H,22,24). The molecule has 2 aliphatic heterocycles. The van der Waals surface area contributed by atoms with Crippen molar-refractivity contribution in [1.82, 2.24) is 15.3 Å². The van der Waals surface area contributed by atoms with Gasteiger partial charge in [-0.15, -0.1) is 0 Å². The number of fused-ring (bicyclic) bond motifs is 1. The lowest BCUT2D eigenvalue weighted by molar-refractivity contribution is 0.0931. The molecule has 25 heavy (non-hydrogen) atoms. The Hall–Kier alpha value is -2.63. The van der Waals surface area contributed by atoms with Crippen LogP contribution in [0.1, 0.15) is 35.7 Å². The Labute approximate surface area is 147 Å². The summed E-state index contributed by atoms with van der Waals surface area (Å²) < 4.78 is 5.70. The first-order valence-electron chi connectivity index (χ1n) is 8.80. The molecule has 3 heterocycles. The molecule has 130 valence electrons. The van der Waals surface area contributed by atoms with Crippen molar-refractivity contribution < 1.29 is 9.53 Å². The van der Waals surface area contributed by atoms with Crippen molar-refractivity contribution >= 4 is 11.7 Å². The number of anilines is 1. The first-order chi connectivity index (χ1) is 12.2. The van der Waals surface area contributed by atoms with E-state index in [0.717, 1.165) is 49.5 Å². The quantitative estimate of drug-likeness (QED) is 0.929. The summed E-state index contributed by atoms with van der Waals surface area (Å²) in [6.45, 7) is 3.79. The number of ether oxygens (including phenoxy) is 1. The molecule has 2 aliphatic rings. The second-order valence-corrected chi connectivity index (χ2v) is 6.75. The van der Waals surface area contributed by atoms with Crippen LogP contribution in [0.4, 0.5) is 5.82 Å². The van der Waals surface area contributed by atoms with Gasteiger partial charge in [0.1, 0.15) is 17.7 Å². The van der Waals surface area contributed by atoms with Crippen LogP contribution in [-0.2, 0) is 6.42 Å². The van der Waals surface area contributed by atoms with Crippen LogP contribution < -0.4 is 15.0 Å². The van der Waals surface area contributed by atoms with E-state index in [2.05, 4.69) is 20.2 Å². The van der Waals surface area contributed by atoms with Crippen LogP contribution in [0.25, 0.3) is 0 Å². The Kier molecular flexibility index (Phi) is 4.26. The van der Waals surface area contributed by atoms with Gasteiger partial charge in [-0.1, -0.05) is 0 Å². The van der Waals surface area contributed by atoms with E-state index in [9.17, 15) is 4.79 Å². The van der Waals surface area contributed by atoms with Gasteiger partial charge < -0.3 is 15.0 Å². The number of piperidine rings is 1. The maximum Gasteiger partial charge on any atom is 0.251 e. The Morgan fingerprint density at radius 1 is 1.28 bits per heavy atom. The number of aromatic nitrogens is 2. The predicted octanol–water partition coefficient (Wildman–Crippen LogP) is 2.20. The molecule has 0 bridgehead atoms. The van der Waals surface area contributed by atoms with E-state index in [1.165, 1.54) is 0 Å². The summed E-state index contributed by atoms with van der Waals surface area (Å²) in [5.41, 5.74) is 1.84. The zero-order chi connectivity index (χ0) is 17.2. The van der Waals surface area contributed by atoms with Crippen LogP contribution in [0, 0.1) is 0 Å². The highest BCUT2D eigenvalue weighted by Gasteiger charge is 2.24. The van der Waals surface area contributed by atoms with Crippen molar-refractivity contribution in [2.45, 2.75) is 38.3 Å². The third-order valence-corrected chi connectivity index (χ3v) is 4.86. The number of carbonyl (C=O) groups is 1. The minimum atomic E-state index is 0.000283. The Bertz CT molecular complexity index is 757. The van der Waals surface area contributed by atoms with Crippen LogP contribution >= 0.6 is 0 Å². The summed E-state index contributed by atoms with van der Waals surface area (Å²) in [6, 6.07) is 5.91. The zero-order valence-electron chi connectivity index (χ0n) is 14.3. The molecule has 1 atom stereocenters. The molecule has 0 saturated carbocycles. The second-order valence-electron chi connectivity index (χ2n) is 6.75. The molecule has 0 aliphatic carbocycles. The van der Waals surface area contributed by atoms with Gasteiger partial charge >= 0.3 is 0 Å². The Morgan fingerprint density at radius 2 is 2.12 bits per heavy atom. The highest BCUT2D eigenvalue weighted by atomic mass is 16.5. The van der Waals surface area contributed by atoms with Gasteiger partial charge in [0.2, 0.25) is 0 Å². The number of rotatable bonds is 3. The highest BCUT2D eigenvalue weighted by Crippen LogP contribution is 2.29. The lowest BCUT2D eigenvalue weighted by Crippen LogP contribution is -2.45. The predicted molar refractivity (Wildman–Crippen MR) is 95.0 cm³/mol. The normalized spacial score (nSPS) is 20.0. The van der Waals surface area contributed by atoms with Crippen molar-refractivity contribution in [3.8, 4) is 5.75 Å². The summed E-state index contributed by atoms with van der Waals surface area (Å²) in [7, 11) is 0. The maximum atomic E-state index is 12.6. The largest absolute Gasteiger partial charge is 0.490 e. The summed E-state index contributed by atoms with van der Waals surface area (Å²) >= 11 is 0. The summed E-state index contributed by atoms with van der Waals surface area (Å²) in [5, 5.41) is 3.17. The van der Waals surface area contributed by atoms with Crippen molar-refractivity contribution in [1.29, 1.82) is 0 Å². The molecule has 1 aromatic heterocycles. The zero-order valence-corrected chi connectivity index (χ0v) is 14.3. The molecule has 1 N–H and O–H groups in total. The number of hydrogen-bond donors (Lipinski definition) is 1. The molecule has 1 aromatic carbocycles. The second kappa shape index (κ2) is 6.70. The molecular formula is C19H22N4O2. The number of nitrogens with zero attached hydrogens (tertiary/aromatic N) is 3. The molecule has 2 aromatic rings. The van der Waals surface area contributed by atoms with Crippen LogP contribution in [0.2, 0.25) is 0 Å². The average molecular weight is 338 g/mol. The van der Waals surface area contributed by atoms with Crippen molar-refractivity contribution in [3.63, 3.8) is 0 Å². The molecule has 4 rings (SSSR count). The third-order valence-electron chi connectivity index (χ3n) is 4.86. The number of amides is 1. The van der Waals surface area contributed by atoms with E-state index in [0.29, 0.717) is 5.56 Å². The molecule has 1 unspecified atom stereocenters. The van der Waals surface area contributed by atoms with Crippen molar-refractivity contribution in [3.05, 3.63) is 47.9 Å². The highest BCUT2D eigenvalue weighted by molar-refractivity contribution is 5.94. The summed E-state index contributed by atoms with van der Waals surface area (Å²) in [5.74, 6) is 1.81. The summed E-state index contributed by atoms with van der Waals surface area (Å²) in [4.78, 5) is 23.2. The molecule has 0 radical (unpaired) electrons. The van der Waals surface area contributed by atoms with Gasteiger partial charge in [0, 0.05) is 43.5 Å². The number of nitrogens with one attached hydrogen (secondary N) is 1. The molecule has 0 spiro atoms. The number of hydrogen-bond acceptors (Lipinski definition) is 5. The fourth-order valence-corrected chi connectivity index (χ4v) is 3.54. The Morgan fingerprint density at radius 3 is 2.88 bits per heavy atom. The molecule has 6 heteroatoms. The molecule has 1 fully saturated rings. The van der Waals surface area contributed by atoms with E-state index >= 15 is 0 Å². The maximum absolute atomic E-state index is 12.6. The molecule has 6 nitrogen and oxygen atoms in total. The van der Waals surface area contributed by atoms with Crippen LogP contribution in [-0.4, -0.2) is 41.1 Å². The molecule has 1 saturated heterocycles. The molecule has 1 amide bonds. The van der Waals surface area contributed by atoms with Crippen molar-refractivity contribution in [2.75, 3.05) is 18.0 Å². The van der Waals surface area contributed by atoms with Gasteiger partial charge in [0.15, 0.2) is 0 Å². The van der Waals surface area contributed by atoms with E-state index in [1.807, 2.05) is 25.1 Å². The van der Waals surface area contributed by atoms with E-state index < -0.39 is 0 Å². The average Bonchev–Trinajstić information content (AvgIpc) is 3.02. The van der Waals surface area contributed by atoms with Gasteiger partial charge in [0.05, 0.1) is 6.20 Å². The molecular weight excluding hydrogens is 316 g/mol. The minimum Gasteiger partial charge on any atom is -0.490 e. The van der Waals surface area contributed by atoms with Gasteiger partial charge in [0.25, 0.3) is 5.91 Å².